The van der Waals surface area contributed by atoms with E-state index >= 15 is 0 Å². The fourth-order valence-electron chi connectivity index (χ4n) is 2.18. The first kappa shape index (κ1) is 18.5. The summed E-state index contributed by atoms with van der Waals surface area (Å²) in [6, 6.07) is 13.7. The van der Waals surface area contributed by atoms with Gasteiger partial charge in [0.25, 0.3) is 0 Å². The lowest BCUT2D eigenvalue weighted by Crippen LogP contribution is -2.12. The fourth-order valence-corrected chi connectivity index (χ4v) is 2.18. The molecule has 25 heavy (non-hydrogen) atoms. The van der Waals surface area contributed by atoms with Gasteiger partial charge < -0.3 is 9.47 Å². The quantitative estimate of drug-likeness (QED) is 0.453. The molecule has 0 heterocycles. The average molecular weight is 340 g/mol. The monoisotopic (exact) mass is 340 g/mol. The van der Waals surface area contributed by atoms with Crippen LogP contribution in [0.5, 0.6) is 11.5 Å². The molecule has 0 aromatic heterocycles. The van der Waals surface area contributed by atoms with E-state index in [4.69, 9.17) is 9.47 Å². The van der Waals surface area contributed by atoms with Gasteiger partial charge in [-0.2, -0.15) is 5.10 Å². The van der Waals surface area contributed by atoms with Gasteiger partial charge >= 0.3 is 0 Å². The molecule has 0 fully saturated rings. The lowest BCUT2D eigenvalue weighted by molar-refractivity contribution is -0.118. The van der Waals surface area contributed by atoms with Gasteiger partial charge in [0.15, 0.2) is 0 Å². The van der Waals surface area contributed by atoms with Crippen LogP contribution in [0.3, 0.4) is 0 Å². The predicted octanol–water partition coefficient (Wildman–Crippen LogP) is 3.62. The average Bonchev–Trinajstić information content (AvgIpc) is 2.57. The molecular weight excluding hydrogens is 316 g/mol. The van der Waals surface area contributed by atoms with Crippen LogP contribution in [0.1, 0.15) is 30.0 Å². The Morgan fingerprint density at radius 1 is 1.12 bits per heavy atom. The van der Waals surface area contributed by atoms with Crippen LogP contribution in [0.25, 0.3) is 0 Å². The Morgan fingerprint density at radius 3 is 2.72 bits per heavy atom. The van der Waals surface area contributed by atoms with Crippen molar-refractivity contribution in [1.82, 2.24) is 5.43 Å². The van der Waals surface area contributed by atoms with E-state index in [0.717, 1.165) is 29.0 Å². The molecule has 2 aromatic rings. The molecule has 0 spiro atoms. The number of nitrogens with one attached hydrogen (secondary N) is 1. The predicted molar refractivity (Wildman–Crippen MR) is 99.4 cm³/mol. The van der Waals surface area contributed by atoms with Gasteiger partial charge in [-0.3, -0.25) is 4.79 Å². The Balaban J connectivity index is 1.75. The Morgan fingerprint density at radius 2 is 1.92 bits per heavy atom. The number of hydrogen-bond acceptors (Lipinski definition) is 4. The van der Waals surface area contributed by atoms with Crippen LogP contribution >= 0.6 is 0 Å². The first-order valence-corrected chi connectivity index (χ1v) is 8.27. The van der Waals surface area contributed by atoms with Gasteiger partial charge in [0.1, 0.15) is 11.5 Å². The van der Waals surface area contributed by atoms with Gasteiger partial charge in [-0.05, 0) is 48.7 Å². The largest absolute Gasteiger partial charge is 0.493 e. The third-order valence-corrected chi connectivity index (χ3v) is 3.45. The molecule has 1 amide bonds. The van der Waals surface area contributed by atoms with Crippen molar-refractivity contribution >= 4 is 12.1 Å². The summed E-state index contributed by atoms with van der Waals surface area (Å²) in [6.45, 7) is 6.68. The summed E-state index contributed by atoms with van der Waals surface area (Å²) in [7, 11) is 0. The summed E-state index contributed by atoms with van der Waals surface area (Å²) in [5.41, 5.74) is 5.56. The van der Waals surface area contributed by atoms with E-state index in [1.165, 1.54) is 12.5 Å². The molecule has 2 aromatic carbocycles. The number of nitrogens with zero attached hydrogens (tertiary/aromatic N) is 1. The van der Waals surface area contributed by atoms with Gasteiger partial charge in [0.05, 0.1) is 19.4 Å². The maximum Gasteiger partial charge on any atom is 0.236 e. The van der Waals surface area contributed by atoms with E-state index < -0.39 is 0 Å². The van der Waals surface area contributed by atoms with Crippen molar-refractivity contribution in [2.24, 2.45) is 5.10 Å². The van der Waals surface area contributed by atoms with Crippen LogP contribution in [0.4, 0.5) is 0 Å². The highest BCUT2D eigenvalue weighted by Gasteiger charge is 2.00. The van der Waals surface area contributed by atoms with Crippen molar-refractivity contribution in [2.75, 3.05) is 13.2 Å². The van der Waals surface area contributed by atoms with Crippen molar-refractivity contribution in [3.63, 3.8) is 0 Å². The fraction of sp³-hybridized carbons (Fsp3) is 0.300. The highest BCUT2D eigenvalue weighted by molar-refractivity contribution is 5.82. The summed E-state index contributed by atoms with van der Waals surface area (Å²) < 4.78 is 11.6. The number of hydrogen-bond donors (Lipinski definition) is 1. The molecule has 0 radical (unpaired) electrons. The van der Waals surface area contributed by atoms with Crippen molar-refractivity contribution < 1.29 is 14.3 Å². The molecule has 5 nitrogen and oxygen atoms in total. The van der Waals surface area contributed by atoms with E-state index in [1.807, 2.05) is 37.3 Å². The lowest BCUT2D eigenvalue weighted by atomic mass is 10.1. The number of carbonyl (C=O) groups excluding carboxylic acids is 1. The topological polar surface area (TPSA) is 59.9 Å². The summed E-state index contributed by atoms with van der Waals surface area (Å²) in [5, 5.41) is 3.84. The Kier molecular flexibility index (Phi) is 7.01. The van der Waals surface area contributed by atoms with E-state index in [-0.39, 0.29) is 5.91 Å². The minimum Gasteiger partial charge on any atom is -0.493 e. The van der Waals surface area contributed by atoms with E-state index in [9.17, 15) is 4.79 Å². The number of benzene rings is 2. The van der Waals surface area contributed by atoms with Crippen molar-refractivity contribution in [2.45, 2.75) is 27.2 Å². The minimum atomic E-state index is -0.201. The van der Waals surface area contributed by atoms with Crippen molar-refractivity contribution in [3.05, 3.63) is 59.2 Å². The Bertz CT molecular complexity index is 741. The highest BCUT2D eigenvalue weighted by atomic mass is 16.5. The third kappa shape index (κ3) is 6.67. The second-order valence-electron chi connectivity index (χ2n) is 5.82. The molecule has 0 aliphatic heterocycles. The molecule has 0 aliphatic rings. The van der Waals surface area contributed by atoms with Crippen LogP contribution in [-0.2, 0) is 4.79 Å². The molecule has 0 atom stereocenters. The SMILES string of the molecule is CC(=O)N/N=C\c1cccc(OCCCOc2cc(C)ccc2C)c1. The molecule has 0 saturated carbocycles. The molecular formula is C20H24N2O3. The van der Waals surface area contributed by atoms with E-state index in [2.05, 4.69) is 29.6 Å². The second kappa shape index (κ2) is 9.47. The number of aryl methyl sites for hydroxylation is 2. The van der Waals surface area contributed by atoms with Crippen molar-refractivity contribution in [3.8, 4) is 11.5 Å². The Labute approximate surface area is 148 Å². The van der Waals surface area contributed by atoms with Crippen LogP contribution in [0.15, 0.2) is 47.6 Å². The van der Waals surface area contributed by atoms with Gasteiger partial charge in [-0.15, -0.1) is 0 Å². The van der Waals surface area contributed by atoms with Crippen LogP contribution in [0, 0.1) is 13.8 Å². The smallest absolute Gasteiger partial charge is 0.236 e. The minimum absolute atomic E-state index is 0.201. The molecule has 5 heteroatoms. The van der Waals surface area contributed by atoms with E-state index in [0.29, 0.717) is 13.2 Å². The number of amides is 1. The number of ether oxygens (including phenoxy) is 2. The lowest BCUT2D eigenvalue weighted by Gasteiger charge is -2.11. The highest BCUT2D eigenvalue weighted by Crippen LogP contribution is 2.19. The molecule has 0 bridgehead atoms. The first-order chi connectivity index (χ1) is 12.0. The third-order valence-electron chi connectivity index (χ3n) is 3.45. The number of hydrazone groups is 1. The number of carbonyl (C=O) groups is 1. The molecule has 132 valence electrons. The second-order valence-corrected chi connectivity index (χ2v) is 5.82. The zero-order valence-electron chi connectivity index (χ0n) is 14.9. The van der Waals surface area contributed by atoms with Gasteiger partial charge in [-0.1, -0.05) is 24.3 Å². The molecule has 0 saturated heterocycles. The Hall–Kier alpha value is -2.82. The molecule has 0 unspecified atom stereocenters. The van der Waals surface area contributed by atoms with Crippen LogP contribution in [0.2, 0.25) is 0 Å². The summed E-state index contributed by atoms with van der Waals surface area (Å²) in [4.78, 5) is 10.8. The molecule has 1 N–H and O–H groups in total. The van der Waals surface area contributed by atoms with Crippen molar-refractivity contribution in [1.29, 1.82) is 0 Å². The van der Waals surface area contributed by atoms with Gasteiger partial charge in [0, 0.05) is 13.3 Å². The standard InChI is InChI=1S/C20H24N2O3/c1-15-8-9-16(2)20(12-15)25-11-5-10-24-19-7-4-6-18(13-19)14-21-22-17(3)23/h4,6-9,12-14H,5,10-11H2,1-3H3,(H,22,23)/b21-14-. The summed E-state index contributed by atoms with van der Waals surface area (Å²) in [5.74, 6) is 1.49. The van der Waals surface area contributed by atoms with Gasteiger partial charge in [-0.25, -0.2) is 5.43 Å². The number of rotatable bonds is 8. The zero-order valence-corrected chi connectivity index (χ0v) is 14.9. The summed E-state index contributed by atoms with van der Waals surface area (Å²) in [6.07, 6.45) is 2.37. The maximum absolute atomic E-state index is 10.8. The zero-order chi connectivity index (χ0) is 18.1. The molecule has 0 aliphatic carbocycles. The van der Waals surface area contributed by atoms with E-state index in [1.54, 1.807) is 6.21 Å². The summed E-state index contributed by atoms with van der Waals surface area (Å²) >= 11 is 0. The van der Waals surface area contributed by atoms with Gasteiger partial charge in [0.2, 0.25) is 5.91 Å². The van der Waals surface area contributed by atoms with Crippen LogP contribution in [-0.4, -0.2) is 25.3 Å². The normalized spacial score (nSPS) is 10.7. The molecule has 2 rings (SSSR count). The van der Waals surface area contributed by atoms with Crippen LogP contribution < -0.4 is 14.9 Å². The first-order valence-electron chi connectivity index (χ1n) is 8.27. The maximum atomic E-state index is 10.8.